The van der Waals surface area contributed by atoms with Gasteiger partial charge in [0.1, 0.15) is 0 Å². The fourth-order valence-corrected chi connectivity index (χ4v) is 1.30. The molecule has 0 bridgehead atoms. The summed E-state index contributed by atoms with van der Waals surface area (Å²) in [5, 5.41) is 0. The van der Waals surface area contributed by atoms with E-state index >= 15 is 0 Å². The predicted octanol–water partition coefficient (Wildman–Crippen LogP) is 2.20. The zero-order valence-corrected chi connectivity index (χ0v) is 7.90. The van der Waals surface area contributed by atoms with Crippen molar-refractivity contribution in [1.82, 2.24) is 5.43 Å². The Morgan fingerprint density at radius 3 is 2.27 bits per heavy atom. The molecule has 0 fully saturated rings. The third-order valence-corrected chi connectivity index (χ3v) is 2.03. The van der Waals surface area contributed by atoms with Crippen molar-refractivity contribution in [2.45, 2.75) is 58.4 Å². The Kier molecular flexibility index (Phi) is 7.96. The van der Waals surface area contributed by atoms with Gasteiger partial charge in [-0.05, 0) is 12.8 Å². The van der Waals surface area contributed by atoms with Crippen molar-refractivity contribution in [2.24, 2.45) is 5.84 Å². The molecular formula is C9H22N2. The van der Waals surface area contributed by atoms with Crippen LogP contribution in [0.2, 0.25) is 0 Å². The third-order valence-electron chi connectivity index (χ3n) is 2.03. The summed E-state index contributed by atoms with van der Waals surface area (Å²) in [5.74, 6) is 5.39. The van der Waals surface area contributed by atoms with Gasteiger partial charge in [-0.25, -0.2) is 0 Å². The Morgan fingerprint density at radius 2 is 1.82 bits per heavy atom. The second-order valence-corrected chi connectivity index (χ2v) is 3.15. The lowest BCUT2D eigenvalue weighted by molar-refractivity contribution is 0.440. The van der Waals surface area contributed by atoms with Crippen LogP contribution in [0.5, 0.6) is 0 Å². The van der Waals surface area contributed by atoms with Crippen molar-refractivity contribution in [2.75, 3.05) is 0 Å². The Bertz CT molecular complexity index is 74.0. The summed E-state index contributed by atoms with van der Waals surface area (Å²) in [5.41, 5.74) is 2.86. The average Bonchev–Trinajstić information content (AvgIpc) is 2.03. The predicted molar refractivity (Wildman–Crippen MR) is 50.2 cm³/mol. The van der Waals surface area contributed by atoms with E-state index in [0.717, 1.165) is 0 Å². The van der Waals surface area contributed by atoms with Gasteiger partial charge in [-0.1, -0.05) is 39.5 Å². The minimum atomic E-state index is 0.548. The maximum atomic E-state index is 5.39. The highest BCUT2D eigenvalue weighted by Crippen LogP contribution is 2.06. The molecule has 0 aliphatic heterocycles. The molecule has 0 radical (unpaired) electrons. The summed E-state index contributed by atoms with van der Waals surface area (Å²) >= 11 is 0. The number of nitrogens with two attached hydrogens (primary N) is 1. The molecule has 3 N–H and O–H groups in total. The Hall–Kier alpha value is -0.0800. The molecule has 0 aliphatic rings. The van der Waals surface area contributed by atoms with E-state index in [9.17, 15) is 0 Å². The van der Waals surface area contributed by atoms with Crippen molar-refractivity contribution in [1.29, 1.82) is 0 Å². The molecule has 0 aromatic heterocycles. The van der Waals surface area contributed by atoms with E-state index in [4.69, 9.17) is 5.84 Å². The second kappa shape index (κ2) is 8.02. The van der Waals surface area contributed by atoms with Crippen LogP contribution >= 0.6 is 0 Å². The van der Waals surface area contributed by atoms with Crippen molar-refractivity contribution >= 4 is 0 Å². The normalized spacial score (nSPS) is 13.4. The lowest BCUT2D eigenvalue weighted by atomic mass is 10.1. The lowest BCUT2D eigenvalue weighted by Gasteiger charge is -2.13. The smallest absolute Gasteiger partial charge is 0.0210 e. The molecule has 0 unspecified atom stereocenters. The average molecular weight is 158 g/mol. The van der Waals surface area contributed by atoms with Crippen molar-refractivity contribution < 1.29 is 0 Å². The van der Waals surface area contributed by atoms with E-state index in [1.54, 1.807) is 0 Å². The number of hydrazine groups is 1. The van der Waals surface area contributed by atoms with E-state index in [1.165, 1.54) is 38.5 Å². The lowest BCUT2D eigenvalue weighted by Crippen LogP contribution is -2.34. The van der Waals surface area contributed by atoms with Gasteiger partial charge in [0.2, 0.25) is 0 Å². The van der Waals surface area contributed by atoms with Gasteiger partial charge in [0.15, 0.2) is 0 Å². The monoisotopic (exact) mass is 158 g/mol. The van der Waals surface area contributed by atoms with Gasteiger partial charge in [-0.3, -0.25) is 11.3 Å². The molecule has 0 rings (SSSR count). The highest BCUT2D eigenvalue weighted by atomic mass is 15.2. The third kappa shape index (κ3) is 6.32. The molecule has 0 aliphatic carbocycles. The summed E-state index contributed by atoms with van der Waals surface area (Å²) in [7, 11) is 0. The fourth-order valence-electron chi connectivity index (χ4n) is 1.30. The Balaban J connectivity index is 3.20. The second-order valence-electron chi connectivity index (χ2n) is 3.15. The van der Waals surface area contributed by atoms with Gasteiger partial charge in [0.05, 0.1) is 0 Å². The molecule has 0 aromatic carbocycles. The molecule has 0 saturated carbocycles. The van der Waals surface area contributed by atoms with Gasteiger partial charge in [-0.2, -0.15) is 0 Å². The first-order chi connectivity index (χ1) is 5.35. The van der Waals surface area contributed by atoms with E-state index < -0.39 is 0 Å². The number of unbranched alkanes of at least 4 members (excludes halogenated alkanes) is 2. The molecular weight excluding hydrogens is 136 g/mol. The van der Waals surface area contributed by atoms with Crippen LogP contribution in [0.15, 0.2) is 0 Å². The Morgan fingerprint density at radius 1 is 1.09 bits per heavy atom. The fraction of sp³-hybridized carbons (Fsp3) is 1.00. The van der Waals surface area contributed by atoms with Gasteiger partial charge in [0, 0.05) is 6.04 Å². The van der Waals surface area contributed by atoms with Gasteiger partial charge in [0.25, 0.3) is 0 Å². The first kappa shape index (κ1) is 10.9. The highest BCUT2D eigenvalue weighted by Gasteiger charge is 2.02. The molecule has 1 atom stereocenters. The number of rotatable bonds is 7. The molecule has 0 aromatic rings. The van der Waals surface area contributed by atoms with Crippen LogP contribution < -0.4 is 11.3 Å². The molecule has 0 amide bonds. The van der Waals surface area contributed by atoms with Crippen LogP contribution in [-0.4, -0.2) is 6.04 Å². The van der Waals surface area contributed by atoms with E-state index in [-0.39, 0.29) is 0 Å². The van der Waals surface area contributed by atoms with E-state index in [2.05, 4.69) is 19.3 Å². The molecule has 11 heavy (non-hydrogen) atoms. The van der Waals surface area contributed by atoms with E-state index in [0.29, 0.717) is 6.04 Å². The number of hydrogen-bond donors (Lipinski definition) is 2. The summed E-state index contributed by atoms with van der Waals surface area (Å²) in [6.45, 7) is 4.43. The molecule has 0 saturated heterocycles. The summed E-state index contributed by atoms with van der Waals surface area (Å²) in [6, 6.07) is 0.548. The highest BCUT2D eigenvalue weighted by molar-refractivity contribution is 4.61. The summed E-state index contributed by atoms with van der Waals surface area (Å²) in [4.78, 5) is 0. The molecule has 2 nitrogen and oxygen atoms in total. The first-order valence-corrected chi connectivity index (χ1v) is 4.81. The zero-order valence-electron chi connectivity index (χ0n) is 7.90. The molecule has 0 heterocycles. The van der Waals surface area contributed by atoms with Crippen molar-refractivity contribution in [3.63, 3.8) is 0 Å². The van der Waals surface area contributed by atoms with E-state index in [1.807, 2.05) is 0 Å². The van der Waals surface area contributed by atoms with Crippen LogP contribution in [0.3, 0.4) is 0 Å². The van der Waals surface area contributed by atoms with Crippen LogP contribution in [-0.2, 0) is 0 Å². The molecule has 0 spiro atoms. The van der Waals surface area contributed by atoms with Crippen molar-refractivity contribution in [3.05, 3.63) is 0 Å². The van der Waals surface area contributed by atoms with Gasteiger partial charge < -0.3 is 0 Å². The summed E-state index contributed by atoms with van der Waals surface area (Å²) < 4.78 is 0. The van der Waals surface area contributed by atoms with Crippen LogP contribution in [0, 0.1) is 0 Å². The minimum absolute atomic E-state index is 0.548. The maximum absolute atomic E-state index is 5.39. The summed E-state index contributed by atoms with van der Waals surface area (Å²) in [6.07, 6.45) is 7.61. The van der Waals surface area contributed by atoms with Crippen LogP contribution in [0.4, 0.5) is 0 Å². The zero-order chi connectivity index (χ0) is 8.53. The van der Waals surface area contributed by atoms with Gasteiger partial charge in [-0.15, -0.1) is 0 Å². The first-order valence-electron chi connectivity index (χ1n) is 4.81. The van der Waals surface area contributed by atoms with Gasteiger partial charge >= 0.3 is 0 Å². The van der Waals surface area contributed by atoms with Crippen molar-refractivity contribution in [3.8, 4) is 0 Å². The van der Waals surface area contributed by atoms with Crippen LogP contribution in [0.1, 0.15) is 52.4 Å². The molecule has 2 heteroatoms. The minimum Gasteiger partial charge on any atom is -0.271 e. The standard InChI is InChI=1S/C9H22N2/c1-3-5-6-8-9(11-10)7-4-2/h9,11H,3-8,10H2,1-2H3/t9-/m1/s1. The Labute approximate surface area is 70.5 Å². The quantitative estimate of drug-likeness (QED) is 0.338. The SMILES string of the molecule is CCCCC[C@@H](CCC)NN. The number of nitrogens with one attached hydrogen (secondary N) is 1. The number of hydrogen-bond acceptors (Lipinski definition) is 2. The van der Waals surface area contributed by atoms with Crippen LogP contribution in [0.25, 0.3) is 0 Å². The maximum Gasteiger partial charge on any atom is 0.0210 e. The largest absolute Gasteiger partial charge is 0.271 e. The molecule has 68 valence electrons. The topological polar surface area (TPSA) is 38.0 Å².